The Kier molecular flexibility index (Phi) is 2.23. The highest BCUT2D eigenvalue weighted by molar-refractivity contribution is 5.17. The minimum absolute atomic E-state index is 0.147. The molecule has 0 atom stereocenters. The SMILES string of the molecule is C=Cn1cnc(CCO)c1. The molecule has 3 heteroatoms. The van der Waals surface area contributed by atoms with E-state index in [0.29, 0.717) is 6.42 Å². The number of hydrogen-bond acceptors (Lipinski definition) is 2. The van der Waals surface area contributed by atoms with Crippen molar-refractivity contribution in [1.29, 1.82) is 0 Å². The summed E-state index contributed by atoms with van der Waals surface area (Å²) in [4.78, 5) is 4.01. The van der Waals surface area contributed by atoms with Gasteiger partial charge in [-0.25, -0.2) is 4.98 Å². The molecule has 0 saturated heterocycles. The molecule has 1 aromatic heterocycles. The summed E-state index contributed by atoms with van der Waals surface area (Å²) in [6.45, 7) is 3.71. The van der Waals surface area contributed by atoms with Gasteiger partial charge in [0.15, 0.2) is 0 Å². The average molecular weight is 138 g/mol. The number of aliphatic hydroxyl groups is 1. The van der Waals surface area contributed by atoms with E-state index >= 15 is 0 Å². The third-order valence-electron chi connectivity index (χ3n) is 1.23. The van der Waals surface area contributed by atoms with Crippen molar-refractivity contribution in [1.82, 2.24) is 9.55 Å². The monoisotopic (exact) mass is 138 g/mol. The minimum Gasteiger partial charge on any atom is -0.396 e. The fourth-order valence-electron chi connectivity index (χ4n) is 0.723. The van der Waals surface area contributed by atoms with Gasteiger partial charge in [0, 0.05) is 25.4 Å². The summed E-state index contributed by atoms with van der Waals surface area (Å²) in [5.41, 5.74) is 0.891. The van der Waals surface area contributed by atoms with Gasteiger partial charge in [-0.15, -0.1) is 0 Å². The van der Waals surface area contributed by atoms with Crippen molar-refractivity contribution in [3.05, 3.63) is 24.8 Å². The van der Waals surface area contributed by atoms with E-state index in [-0.39, 0.29) is 6.61 Å². The van der Waals surface area contributed by atoms with Crippen LogP contribution in [0.4, 0.5) is 0 Å². The Bertz CT molecular complexity index is 217. The molecule has 1 rings (SSSR count). The molecule has 0 spiro atoms. The molecule has 10 heavy (non-hydrogen) atoms. The molecule has 0 radical (unpaired) electrons. The van der Waals surface area contributed by atoms with E-state index in [4.69, 9.17) is 5.11 Å². The quantitative estimate of drug-likeness (QED) is 0.661. The van der Waals surface area contributed by atoms with Crippen LogP contribution < -0.4 is 0 Å². The molecule has 0 bridgehead atoms. The predicted octanol–water partition coefficient (Wildman–Crippen LogP) is 0.518. The van der Waals surface area contributed by atoms with Crippen LogP contribution in [0.5, 0.6) is 0 Å². The second-order valence-corrected chi connectivity index (χ2v) is 1.97. The van der Waals surface area contributed by atoms with E-state index < -0.39 is 0 Å². The highest BCUT2D eigenvalue weighted by Gasteiger charge is 1.93. The van der Waals surface area contributed by atoms with Crippen molar-refractivity contribution in [2.75, 3.05) is 6.61 Å². The Morgan fingerprint density at radius 1 is 1.80 bits per heavy atom. The lowest BCUT2D eigenvalue weighted by molar-refractivity contribution is 0.298. The molecule has 1 N–H and O–H groups in total. The highest BCUT2D eigenvalue weighted by atomic mass is 16.3. The standard InChI is InChI=1S/C7H10N2O/c1-2-9-5-7(3-4-10)8-6-9/h2,5-6,10H,1,3-4H2. The van der Waals surface area contributed by atoms with Crippen LogP contribution in [-0.2, 0) is 6.42 Å². The first kappa shape index (κ1) is 7.02. The molecule has 3 nitrogen and oxygen atoms in total. The van der Waals surface area contributed by atoms with Crippen molar-refractivity contribution in [2.45, 2.75) is 6.42 Å². The van der Waals surface area contributed by atoms with Crippen molar-refractivity contribution in [3.63, 3.8) is 0 Å². The lowest BCUT2D eigenvalue weighted by atomic mass is 10.4. The Hall–Kier alpha value is -1.09. The van der Waals surface area contributed by atoms with Crippen molar-refractivity contribution < 1.29 is 5.11 Å². The molecular formula is C7H10N2O. The van der Waals surface area contributed by atoms with Crippen molar-refractivity contribution in [2.24, 2.45) is 0 Å². The van der Waals surface area contributed by atoms with E-state index in [0.717, 1.165) is 5.69 Å². The first-order valence-corrected chi connectivity index (χ1v) is 3.12. The maximum absolute atomic E-state index is 8.53. The van der Waals surface area contributed by atoms with Gasteiger partial charge in [0.2, 0.25) is 0 Å². The van der Waals surface area contributed by atoms with Crippen LogP contribution >= 0.6 is 0 Å². The Morgan fingerprint density at radius 2 is 2.60 bits per heavy atom. The Morgan fingerprint density at radius 3 is 3.10 bits per heavy atom. The van der Waals surface area contributed by atoms with Gasteiger partial charge in [0.1, 0.15) is 0 Å². The van der Waals surface area contributed by atoms with Crippen LogP contribution in [0.3, 0.4) is 0 Å². The number of aliphatic hydroxyl groups excluding tert-OH is 1. The topological polar surface area (TPSA) is 38.0 Å². The maximum atomic E-state index is 8.53. The molecule has 0 aliphatic rings. The molecule has 0 fully saturated rings. The highest BCUT2D eigenvalue weighted by Crippen LogP contribution is 1.95. The molecule has 1 aromatic rings. The molecule has 0 saturated carbocycles. The van der Waals surface area contributed by atoms with Crippen LogP contribution in [0.15, 0.2) is 19.1 Å². The molecule has 0 aromatic carbocycles. The summed E-state index contributed by atoms with van der Waals surface area (Å²) in [5, 5.41) is 8.53. The van der Waals surface area contributed by atoms with Gasteiger partial charge in [-0.05, 0) is 0 Å². The van der Waals surface area contributed by atoms with Gasteiger partial charge >= 0.3 is 0 Å². The number of hydrogen-bond donors (Lipinski definition) is 1. The molecule has 0 amide bonds. The first-order valence-electron chi connectivity index (χ1n) is 3.12. The van der Waals surface area contributed by atoms with Gasteiger partial charge in [0.05, 0.1) is 12.0 Å². The average Bonchev–Trinajstić information content (AvgIpc) is 2.37. The zero-order chi connectivity index (χ0) is 7.40. The fraction of sp³-hybridized carbons (Fsp3) is 0.286. The van der Waals surface area contributed by atoms with Crippen LogP contribution in [0.2, 0.25) is 0 Å². The third-order valence-corrected chi connectivity index (χ3v) is 1.23. The molecular weight excluding hydrogens is 128 g/mol. The number of aromatic nitrogens is 2. The van der Waals surface area contributed by atoms with E-state index in [9.17, 15) is 0 Å². The van der Waals surface area contributed by atoms with Gasteiger partial charge in [0.25, 0.3) is 0 Å². The summed E-state index contributed by atoms with van der Waals surface area (Å²) in [6, 6.07) is 0. The number of rotatable bonds is 3. The van der Waals surface area contributed by atoms with Crippen molar-refractivity contribution in [3.8, 4) is 0 Å². The maximum Gasteiger partial charge on any atom is 0.0990 e. The Balaban J connectivity index is 2.68. The van der Waals surface area contributed by atoms with Crippen LogP contribution in [0.25, 0.3) is 6.20 Å². The van der Waals surface area contributed by atoms with Gasteiger partial charge in [-0.3, -0.25) is 0 Å². The third kappa shape index (κ3) is 1.45. The van der Waals surface area contributed by atoms with E-state index in [2.05, 4.69) is 11.6 Å². The van der Waals surface area contributed by atoms with Gasteiger partial charge < -0.3 is 9.67 Å². The Labute approximate surface area is 59.6 Å². The van der Waals surface area contributed by atoms with E-state index in [1.54, 1.807) is 17.1 Å². The van der Waals surface area contributed by atoms with E-state index in [1.807, 2.05) is 6.20 Å². The van der Waals surface area contributed by atoms with Crippen LogP contribution in [-0.4, -0.2) is 21.3 Å². The lowest BCUT2D eigenvalue weighted by Crippen LogP contribution is -1.89. The molecule has 0 unspecified atom stereocenters. The van der Waals surface area contributed by atoms with Crippen LogP contribution in [0, 0.1) is 0 Å². The predicted molar refractivity (Wildman–Crippen MR) is 39.4 cm³/mol. The molecule has 0 aliphatic heterocycles. The minimum atomic E-state index is 0.147. The second-order valence-electron chi connectivity index (χ2n) is 1.97. The summed E-state index contributed by atoms with van der Waals surface area (Å²) in [7, 11) is 0. The second kappa shape index (κ2) is 3.17. The number of nitrogens with zero attached hydrogens (tertiary/aromatic N) is 2. The summed E-state index contributed by atoms with van der Waals surface area (Å²) < 4.78 is 1.75. The molecule has 54 valence electrons. The largest absolute Gasteiger partial charge is 0.396 e. The van der Waals surface area contributed by atoms with Crippen LogP contribution in [0.1, 0.15) is 5.69 Å². The normalized spacial score (nSPS) is 9.70. The molecule has 0 aliphatic carbocycles. The first-order chi connectivity index (χ1) is 4.86. The fourth-order valence-corrected chi connectivity index (χ4v) is 0.723. The summed E-state index contributed by atoms with van der Waals surface area (Å²) in [5.74, 6) is 0. The summed E-state index contributed by atoms with van der Waals surface area (Å²) in [6.07, 6.45) is 5.77. The van der Waals surface area contributed by atoms with E-state index in [1.165, 1.54) is 0 Å². The van der Waals surface area contributed by atoms with Crippen molar-refractivity contribution >= 4 is 6.20 Å². The smallest absolute Gasteiger partial charge is 0.0990 e. The lowest BCUT2D eigenvalue weighted by Gasteiger charge is -1.87. The van der Waals surface area contributed by atoms with Gasteiger partial charge in [-0.2, -0.15) is 0 Å². The zero-order valence-corrected chi connectivity index (χ0v) is 5.70. The number of imidazole rings is 1. The van der Waals surface area contributed by atoms with Gasteiger partial charge in [-0.1, -0.05) is 6.58 Å². The zero-order valence-electron chi connectivity index (χ0n) is 5.70. The summed E-state index contributed by atoms with van der Waals surface area (Å²) >= 11 is 0. The molecule has 1 heterocycles.